The molecule has 0 saturated heterocycles. The molecule has 1 heterocycles. The highest BCUT2D eigenvalue weighted by Crippen LogP contribution is 2.28. The molecule has 0 fully saturated rings. The van der Waals surface area contributed by atoms with Crippen molar-refractivity contribution >= 4 is 23.2 Å². The number of carbonyl (C=O) groups excluding carboxylic acids is 1. The van der Waals surface area contributed by atoms with Gasteiger partial charge in [0.25, 0.3) is 0 Å². The first-order chi connectivity index (χ1) is 12.0. The zero-order valence-electron chi connectivity index (χ0n) is 13.9. The van der Waals surface area contributed by atoms with E-state index in [-0.39, 0.29) is 17.7 Å². The second-order valence-electron chi connectivity index (χ2n) is 6.09. The molecule has 3 rings (SSSR count). The molecule has 1 unspecified atom stereocenters. The number of rotatable bonds is 5. The van der Waals surface area contributed by atoms with E-state index >= 15 is 0 Å². The van der Waals surface area contributed by atoms with Gasteiger partial charge in [-0.3, -0.25) is 4.79 Å². The summed E-state index contributed by atoms with van der Waals surface area (Å²) in [6.07, 6.45) is 1.27. The van der Waals surface area contributed by atoms with Gasteiger partial charge < -0.3 is 9.73 Å². The van der Waals surface area contributed by atoms with E-state index in [0.29, 0.717) is 16.6 Å². The normalized spacial score (nSPS) is 12.2. The van der Waals surface area contributed by atoms with Gasteiger partial charge in [-0.1, -0.05) is 43.6 Å². The molecule has 3 aromatic rings. The van der Waals surface area contributed by atoms with Gasteiger partial charge in [0, 0.05) is 16.3 Å². The molecule has 1 aromatic heterocycles. The van der Waals surface area contributed by atoms with Crippen LogP contribution in [-0.2, 0) is 4.79 Å². The molecular weight excluding hydrogens is 338 g/mol. The van der Waals surface area contributed by atoms with E-state index in [1.807, 2.05) is 50.2 Å². The summed E-state index contributed by atoms with van der Waals surface area (Å²) in [4.78, 5) is 12.8. The molecule has 1 amide bonds. The van der Waals surface area contributed by atoms with E-state index in [2.05, 4.69) is 15.5 Å². The SMILES string of the molecule is CC(C)C(C(=O)Nc1cccc(-c2nnco2)c1)c1ccc(Cl)cc1. The Kier molecular flexibility index (Phi) is 5.14. The minimum atomic E-state index is -0.274. The average molecular weight is 356 g/mol. The van der Waals surface area contributed by atoms with Gasteiger partial charge in [0.05, 0.1) is 5.92 Å². The second kappa shape index (κ2) is 7.49. The molecule has 0 bridgehead atoms. The van der Waals surface area contributed by atoms with Crippen LogP contribution in [-0.4, -0.2) is 16.1 Å². The van der Waals surface area contributed by atoms with Crippen LogP contribution in [0.15, 0.2) is 59.3 Å². The van der Waals surface area contributed by atoms with Crippen molar-refractivity contribution in [1.82, 2.24) is 10.2 Å². The first-order valence-electron chi connectivity index (χ1n) is 7.97. The molecule has 5 nitrogen and oxygen atoms in total. The third-order valence-corrected chi connectivity index (χ3v) is 4.17. The summed E-state index contributed by atoms with van der Waals surface area (Å²) in [5.41, 5.74) is 2.37. The summed E-state index contributed by atoms with van der Waals surface area (Å²) >= 11 is 5.95. The van der Waals surface area contributed by atoms with Gasteiger partial charge in [0.15, 0.2) is 0 Å². The maximum absolute atomic E-state index is 12.8. The Balaban J connectivity index is 1.82. The van der Waals surface area contributed by atoms with Crippen LogP contribution in [0.1, 0.15) is 25.3 Å². The number of anilines is 1. The molecule has 1 N–H and O–H groups in total. The van der Waals surface area contributed by atoms with Crippen molar-refractivity contribution in [2.75, 3.05) is 5.32 Å². The zero-order valence-corrected chi connectivity index (χ0v) is 14.7. The van der Waals surface area contributed by atoms with Gasteiger partial charge in [-0.05, 0) is 41.8 Å². The molecule has 0 radical (unpaired) electrons. The van der Waals surface area contributed by atoms with Crippen molar-refractivity contribution in [3.63, 3.8) is 0 Å². The van der Waals surface area contributed by atoms with E-state index in [1.165, 1.54) is 6.39 Å². The second-order valence-corrected chi connectivity index (χ2v) is 6.52. The monoisotopic (exact) mass is 355 g/mol. The molecule has 25 heavy (non-hydrogen) atoms. The minimum absolute atomic E-state index is 0.0694. The number of aromatic nitrogens is 2. The fourth-order valence-corrected chi connectivity index (χ4v) is 2.88. The van der Waals surface area contributed by atoms with E-state index in [0.717, 1.165) is 11.1 Å². The molecule has 0 aliphatic rings. The smallest absolute Gasteiger partial charge is 0.247 e. The summed E-state index contributed by atoms with van der Waals surface area (Å²) in [6.45, 7) is 4.04. The zero-order chi connectivity index (χ0) is 17.8. The Bertz CT molecular complexity index is 845. The first-order valence-corrected chi connectivity index (χ1v) is 8.35. The lowest BCUT2D eigenvalue weighted by Gasteiger charge is -2.21. The number of nitrogens with zero attached hydrogens (tertiary/aromatic N) is 2. The summed E-state index contributed by atoms with van der Waals surface area (Å²) in [7, 11) is 0. The number of carbonyl (C=O) groups is 1. The molecule has 0 aliphatic heterocycles. The molecular formula is C19H18ClN3O2. The van der Waals surface area contributed by atoms with Crippen LogP contribution >= 0.6 is 11.6 Å². The Labute approximate surface area is 151 Å². The maximum Gasteiger partial charge on any atom is 0.247 e. The Morgan fingerprint density at radius 2 is 1.92 bits per heavy atom. The summed E-state index contributed by atoms with van der Waals surface area (Å²) < 4.78 is 5.20. The van der Waals surface area contributed by atoms with Gasteiger partial charge >= 0.3 is 0 Å². The van der Waals surface area contributed by atoms with Crippen molar-refractivity contribution in [1.29, 1.82) is 0 Å². The first kappa shape index (κ1) is 17.2. The molecule has 2 aromatic carbocycles. The lowest BCUT2D eigenvalue weighted by Crippen LogP contribution is -2.25. The van der Waals surface area contributed by atoms with Crippen LogP contribution in [0.2, 0.25) is 5.02 Å². The quantitative estimate of drug-likeness (QED) is 0.715. The summed E-state index contributed by atoms with van der Waals surface area (Å²) in [5, 5.41) is 11.2. The van der Waals surface area contributed by atoms with E-state index in [4.69, 9.17) is 16.0 Å². The molecule has 0 saturated carbocycles. The number of amides is 1. The average Bonchev–Trinajstić information content (AvgIpc) is 3.11. The predicted octanol–water partition coefficient (Wildman–Crippen LogP) is 4.77. The van der Waals surface area contributed by atoms with Crippen LogP contribution in [0.3, 0.4) is 0 Å². The number of halogens is 1. The highest BCUT2D eigenvalue weighted by Gasteiger charge is 2.24. The number of hydrogen-bond acceptors (Lipinski definition) is 4. The van der Waals surface area contributed by atoms with E-state index < -0.39 is 0 Å². The van der Waals surface area contributed by atoms with Crippen molar-refractivity contribution in [2.45, 2.75) is 19.8 Å². The topological polar surface area (TPSA) is 68.0 Å². The lowest BCUT2D eigenvalue weighted by molar-refractivity contribution is -0.118. The van der Waals surface area contributed by atoms with Crippen LogP contribution in [0.5, 0.6) is 0 Å². The third-order valence-electron chi connectivity index (χ3n) is 3.92. The molecule has 0 aliphatic carbocycles. The molecule has 0 spiro atoms. The number of nitrogens with one attached hydrogen (secondary N) is 1. The minimum Gasteiger partial charge on any atom is -0.423 e. The van der Waals surface area contributed by atoms with Crippen LogP contribution in [0.25, 0.3) is 11.5 Å². The van der Waals surface area contributed by atoms with E-state index in [9.17, 15) is 4.79 Å². The van der Waals surface area contributed by atoms with Crippen LogP contribution in [0.4, 0.5) is 5.69 Å². The summed E-state index contributed by atoms with van der Waals surface area (Å²) in [5.74, 6) is 0.207. The van der Waals surface area contributed by atoms with Gasteiger partial charge in [-0.15, -0.1) is 10.2 Å². The van der Waals surface area contributed by atoms with Gasteiger partial charge in [0.1, 0.15) is 0 Å². The van der Waals surface area contributed by atoms with Crippen LogP contribution in [0, 0.1) is 5.92 Å². The Morgan fingerprint density at radius 1 is 1.16 bits per heavy atom. The largest absolute Gasteiger partial charge is 0.423 e. The predicted molar refractivity (Wildman–Crippen MR) is 97.4 cm³/mol. The van der Waals surface area contributed by atoms with Crippen molar-refractivity contribution in [2.24, 2.45) is 5.92 Å². The molecule has 1 atom stereocenters. The molecule has 6 heteroatoms. The molecule has 128 valence electrons. The summed E-state index contributed by atoms with van der Waals surface area (Å²) in [6, 6.07) is 14.7. The van der Waals surface area contributed by atoms with Gasteiger partial charge in [-0.25, -0.2) is 0 Å². The van der Waals surface area contributed by atoms with Gasteiger partial charge in [0.2, 0.25) is 18.2 Å². The lowest BCUT2D eigenvalue weighted by atomic mass is 9.87. The maximum atomic E-state index is 12.8. The standard InChI is InChI=1S/C19H18ClN3O2/c1-12(2)17(13-6-8-15(20)9-7-13)18(24)22-16-5-3-4-14(10-16)19-23-21-11-25-19/h3-12,17H,1-2H3,(H,22,24). The van der Waals surface area contributed by atoms with Crippen molar-refractivity contribution in [3.8, 4) is 11.5 Å². The van der Waals surface area contributed by atoms with Crippen LogP contribution < -0.4 is 5.32 Å². The van der Waals surface area contributed by atoms with E-state index in [1.54, 1.807) is 12.1 Å². The van der Waals surface area contributed by atoms with Crippen molar-refractivity contribution < 1.29 is 9.21 Å². The van der Waals surface area contributed by atoms with Gasteiger partial charge in [-0.2, -0.15) is 0 Å². The Morgan fingerprint density at radius 3 is 2.56 bits per heavy atom. The number of hydrogen-bond donors (Lipinski definition) is 1. The van der Waals surface area contributed by atoms with Crippen molar-refractivity contribution in [3.05, 3.63) is 65.5 Å². The fourth-order valence-electron chi connectivity index (χ4n) is 2.76. The Hall–Kier alpha value is -2.66. The highest BCUT2D eigenvalue weighted by molar-refractivity contribution is 6.30. The number of benzene rings is 2. The third kappa shape index (κ3) is 4.06. The highest BCUT2D eigenvalue weighted by atomic mass is 35.5. The fraction of sp³-hybridized carbons (Fsp3) is 0.211.